The Kier molecular flexibility index (Phi) is 6.68. The van der Waals surface area contributed by atoms with E-state index in [-0.39, 0.29) is 17.9 Å². The van der Waals surface area contributed by atoms with Crippen LogP contribution in [-0.4, -0.2) is 18.6 Å². The highest BCUT2D eigenvalue weighted by Gasteiger charge is 2.05. The Balaban J connectivity index is 0. The third kappa shape index (κ3) is 11.7. The molecule has 3 heteroatoms. The van der Waals surface area contributed by atoms with Crippen molar-refractivity contribution in [2.24, 2.45) is 5.73 Å². The van der Waals surface area contributed by atoms with Crippen LogP contribution in [0.25, 0.3) is 0 Å². The van der Waals surface area contributed by atoms with Crippen molar-refractivity contribution >= 4 is 12.4 Å². The van der Waals surface area contributed by atoms with Gasteiger partial charge in [0.2, 0.25) is 0 Å². The molecule has 0 heterocycles. The minimum atomic E-state index is 0. The lowest BCUT2D eigenvalue weighted by atomic mass is 10.1. The molecule has 0 saturated heterocycles. The van der Waals surface area contributed by atoms with E-state index in [1.54, 1.807) is 0 Å². The molecule has 0 amide bonds. The van der Waals surface area contributed by atoms with Gasteiger partial charge in [-0.1, -0.05) is 0 Å². The van der Waals surface area contributed by atoms with Crippen LogP contribution in [0.5, 0.6) is 0 Å². The van der Waals surface area contributed by atoms with E-state index in [2.05, 4.69) is 26.1 Å². The predicted octanol–water partition coefficient (Wildman–Crippen LogP) is 0.755. The van der Waals surface area contributed by atoms with Crippen LogP contribution in [0.3, 0.4) is 0 Å². The van der Waals surface area contributed by atoms with Crippen LogP contribution in [-0.2, 0) is 0 Å². The van der Waals surface area contributed by atoms with Crippen molar-refractivity contribution in [3.8, 4) is 0 Å². The molecule has 0 radical (unpaired) electrons. The summed E-state index contributed by atoms with van der Waals surface area (Å²) in [6, 6.07) is 0. The number of nitrogens with two attached hydrogens (primary N) is 1. The van der Waals surface area contributed by atoms with E-state index in [9.17, 15) is 0 Å². The van der Waals surface area contributed by atoms with Crippen LogP contribution in [0, 0.1) is 0 Å². The summed E-state index contributed by atoms with van der Waals surface area (Å²) in [6.07, 6.45) is 0. The van der Waals surface area contributed by atoms with Gasteiger partial charge in [0.05, 0.1) is 0 Å². The Morgan fingerprint density at radius 2 is 1.78 bits per heavy atom. The fraction of sp³-hybridized carbons (Fsp3) is 1.00. The van der Waals surface area contributed by atoms with E-state index < -0.39 is 0 Å². The molecular weight excluding hydrogens is 136 g/mol. The summed E-state index contributed by atoms with van der Waals surface area (Å²) in [5, 5.41) is 3.25. The van der Waals surface area contributed by atoms with Crippen molar-refractivity contribution in [3.63, 3.8) is 0 Å². The molecule has 0 rings (SSSR count). The average molecular weight is 153 g/mol. The quantitative estimate of drug-likeness (QED) is 0.613. The fourth-order valence-electron chi connectivity index (χ4n) is 0.447. The molecule has 0 unspecified atom stereocenters. The number of rotatable bonds is 2. The minimum absolute atomic E-state index is 0. The molecule has 0 aliphatic rings. The normalized spacial score (nSPS) is 10.7. The molecule has 0 aromatic heterocycles. The third-order valence-electron chi connectivity index (χ3n) is 0.800. The lowest BCUT2D eigenvalue weighted by Crippen LogP contribution is -2.38. The van der Waals surface area contributed by atoms with Gasteiger partial charge in [0.25, 0.3) is 0 Å². The summed E-state index contributed by atoms with van der Waals surface area (Å²) < 4.78 is 0. The number of halogens is 1. The predicted molar refractivity (Wildman–Crippen MR) is 44.1 cm³/mol. The van der Waals surface area contributed by atoms with E-state index in [4.69, 9.17) is 5.73 Å². The van der Waals surface area contributed by atoms with Gasteiger partial charge in [0, 0.05) is 18.6 Å². The molecule has 9 heavy (non-hydrogen) atoms. The Morgan fingerprint density at radius 3 is 1.89 bits per heavy atom. The van der Waals surface area contributed by atoms with Gasteiger partial charge < -0.3 is 11.1 Å². The zero-order valence-electron chi connectivity index (χ0n) is 6.40. The van der Waals surface area contributed by atoms with E-state index in [0.717, 1.165) is 13.1 Å². The van der Waals surface area contributed by atoms with Crippen molar-refractivity contribution in [2.75, 3.05) is 13.1 Å². The number of nitrogens with one attached hydrogen (secondary N) is 1. The lowest BCUT2D eigenvalue weighted by molar-refractivity contribution is 0.432. The topological polar surface area (TPSA) is 38.0 Å². The summed E-state index contributed by atoms with van der Waals surface area (Å²) in [7, 11) is 0. The highest BCUT2D eigenvalue weighted by atomic mass is 35.5. The Bertz CT molecular complexity index is 58.6. The van der Waals surface area contributed by atoms with Gasteiger partial charge in [0.15, 0.2) is 0 Å². The summed E-state index contributed by atoms with van der Waals surface area (Å²) >= 11 is 0. The molecule has 0 aliphatic heterocycles. The molecule has 3 N–H and O–H groups in total. The van der Waals surface area contributed by atoms with E-state index >= 15 is 0 Å². The summed E-state index contributed by atoms with van der Waals surface area (Å²) in [5.74, 6) is 0. The molecule has 0 aromatic carbocycles. The van der Waals surface area contributed by atoms with Gasteiger partial charge in [-0.05, 0) is 20.8 Å². The first-order valence-electron chi connectivity index (χ1n) is 3.01. The Morgan fingerprint density at radius 1 is 1.33 bits per heavy atom. The average Bonchev–Trinajstić information content (AvgIpc) is 1.59. The molecule has 0 fully saturated rings. The standard InChI is InChI=1S/C6H16N2.ClH/c1-6(2,3)8-5-4-7;/h8H,4-5,7H2,1-3H3;1H. The highest BCUT2D eigenvalue weighted by Crippen LogP contribution is 1.95. The maximum Gasteiger partial charge on any atom is 0.00970 e. The van der Waals surface area contributed by atoms with Crippen LogP contribution in [0.4, 0.5) is 0 Å². The molecule has 0 saturated carbocycles. The molecule has 2 nitrogen and oxygen atoms in total. The summed E-state index contributed by atoms with van der Waals surface area (Å²) in [6.45, 7) is 8.01. The van der Waals surface area contributed by atoms with Gasteiger partial charge in [-0.3, -0.25) is 0 Å². The number of hydrogen-bond donors (Lipinski definition) is 2. The Labute approximate surface area is 63.6 Å². The molecular formula is C6H17ClN2. The monoisotopic (exact) mass is 152 g/mol. The van der Waals surface area contributed by atoms with Crippen LogP contribution in [0.15, 0.2) is 0 Å². The largest absolute Gasteiger partial charge is 0.329 e. The zero-order chi connectivity index (χ0) is 6.62. The van der Waals surface area contributed by atoms with Gasteiger partial charge in [-0.2, -0.15) is 0 Å². The minimum Gasteiger partial charge on any atom is -0.329 e. The first-order chi connectivity index (χ1) is 3.56. The molecule has 58 valence electrons. The van der Waals surface area contributed by atoms with Crippen LogP contribution >= 0.6 is 12.4 Å². The van der Waals surface area contributed by atoms with Crippen molar-refractivity contribution in [1.82, 2.24) is 5.32 Å². The van der Waals surface area contributed by atoms with E-state index in [1.807, 2.05) is 0 Å². The third-order valence-corrected chi connectivity index (χ3v) is 0.800. The molecule has 0 atom stereocenters. The smallest absolute Gasteiger partial charge is 0.00970 e. The van der Waals surface area contributed by atoms with Crippen LogP contribution < -0.4 is 11.1 Å². The van der Waals surface area contributed by atoms with Gasteiger partial charge in [-0.15, -0.1) is 12.4 Å². The highest BCUT2D eigenvalue weighted by molar-refractivity contribution is 5.85. The van der Waals surface area contributed by atoms with E-state index in [0.29, 0.717) is 0 Å². The molecule has 0 aromatic rings. The molecule has 0 spiro atoms. The molecule has 0 bridgehead atoms. The second-order valence-corrected chi connectivity index (χ2v) is 2.97. The lowest BCUT2D eigenvalue weighted by Gasteiger charge is -2.19. The first-order valence-corrected chi connectivity index (χ1v) is 3.01. The van der Waals surface area contributed by atoms with Gasteiger partial charge in [0.1, 0.15) is 0 Å². The second kappa shape index (κ2) is 5.03. The maximum absolute atomic E-state index is 5.27. The van der Waals surface area contributed by atoms with Crippen molar-refractivity contribution in [2.45, 2.75) is 26.3 Å². The Hall–Kier alpha value is 0.210. The summed E-state index contributed by atoms with van der Waals surface area (Å²) in [4.78, 5) is 0. The van der Waals surface area contributed by atoms with Crippen LogP contribution in [0.1, 0.15) is 20.8 Å². The second-order valence-electron chi connectivity index (χ2n) is 2.97. The SMILES string of the molecule is CC(C)(C)NCCN.Cl. The maximum atomic E-state index is 5.27. The van der Waals surface area contributed by atoms with E-state index in [1.165, 1.54) is 0 Å². The van der Waals surface area contributed by atoms with Crippen molar-refractivity contribution in [3.05, 3.63) is 0 Å². The summed E-state index contributed by atoms with van der Waals surface area (Å²) in [5.41, 5.74) is 5.49. The zero-order valence-corrected chi connectivity index (χ0v) is 7.22. The van der Waals surface area contributed by atoms with Gasteiger partial charge in [-0.25, -0.2) is 0 Å². The number of hydrogen-bond acceptors (Lipinski definition) is 2. The van der Waals surface area contributed by atoms with Crippen molar-refractivity contribution < 1.29 is 0 Å². The van der Waals surface area contributed by atoms with Gasteiger partial charge >= 0.3 is 0 Å². The fourth-order valence-corrected chi connectivity index (χ4v) is 0.447. The van der Waals surface area contributed by atoms with Crippen LogP contribution in [0.2, 0.25) is 0 Å². The first kappa shape index (κ1) is 11.9. The molecule has 0 aliphatic carbocycles. The van der Waals surface area contributed by atoms with Crippen molar-refractivity contribution in [1.29, 1.82) is 0 Å².